The molecule has 0 aliphatic heterocycles. The minimum Gasteiger partial charge on any atom is -0.515 e. The lowest BCUT2D eigenvalue weighted by Gasteiger charge is -2.07. The molecule has 0 aliphatic carbocycles. The van der Waals surface area contributed by atoms with Crippen molar-refractivity contribution in [3.8, 4) is 5.75 Å². The Morgan fingerprint density at radius 3 is 1.26 bits per heavy atom. The van der Waals surface area contributed by atoms with Crippen molar-refractivity contribution >= 4 is 82.1 Å². The van der Waals surface area contributed by atoms with Gasteiger partial charge in [-0.3, -0.25) is 9.52 Å². The molecule has 21 heteroatoms. The quantitative estimate of drug-likeness (QED) is 0.0249. The third-order valence-electron chi connectivity index (χ3n) is 9.99. The highest BCUT2D eigenvalue weighted by atomic mass is 32.3. The second kappa shape index (κ2) is 51.4. The lowest BCUT2D eigenvalue weighted by atomic mass is 10.1. The van der Waals surface area contributed by atoms with Crippen LogP contribution in [0.4, 0.5) is 0 Å². The van der Waals surface area contributed by atoms with Gasteiger partial charge in [-0.2, -0.15) is 24.8 Å². The summed E-state index contributed by atoms with van der Waals surface area (Å²) < 4.78 is 115. The minimum atomic E-state index is -3.99. The van der Waals surface area contributed by atoms with Crippen molar-refractivity contribution in [2.45, 2.75) is 192 Å². The van der Waals surface area contributed by atoms with Crippen LogP contribution in [-0.4, -0.2) is 56.8 Å². The van der Waals surface area contributed by atoms with E-state index in [0.717, 1.165) is 61.2 Å². The smallest absolute Gasteiger partial charge is 0.377 e. The molecule has 14 nitrogen and oxygen atoms in total. The largest absolute Gasteiger partial charge is 0.515 e. The number of nitrogens with one attached hydrogen (secondary N) is 3. The Hall–Kier alpha value is -4.22. The van der Waals surface area contributed by atoms with E-state index in [4.69, 9.17) is 4.18 Å². The highest BCUT2D eigenvalue weighted by Crippen LogP contribution is 2.13. The molecule has 3 N–H and O–H groups in total. The second-order valence-electron chi connectivity index (χ2n) is 16.6. The predicted molar refractivity (Wildman–Crippen MR) is 354 cm³/mol. The van der Waals surface area contributed by atoms with E-state index < -0.39 is 56.9 Å². The van der Waals surface area contributed by atoms with Crippen molar-refractivity contribution in [3.63, 3.8) is 0 Å². The number of amides is 1. The van der Waals surface area contributed by atoms with Crippen molar-refractivity contribution in [2.75, 3.05) is 17.3 Å². The molecular formula is C60H105N3O11S7. The molecule has 0 fully saturated rings. The molecule has 0 saturated carbocycles. The summed E-state index contributed by atoms with van der Waals surface area (Å²) in [6, 6.07) is 39.0. The first-order valence-corrected chi connectivity index (χ1v) is 33.4. The Morgan fingerprint density at radius 2 is 0.889 bits per heavy atom. The molecule has 0 unspecified atom stereocenters. The van der Waals surface area contributed by atoms with Crippen LogP contribution in [-0.2, 0) is 79.2 Å². The SMILES string of the molecule is C.C.C.C.C.C.CCCCCS.CCCCCS(=O)(=O)NC(C)=O.CCCCCS(=O)(=O)NS(=O)(=O)c1ccccc1.CCc1ccc(C)cc1.CCc1ccc(O[S-](=O)=[NH+]S(=O)(=O)c2ccccc2)cc1.CCc1ccc(S)cc1. The number of carbonyl (C=O) groups excluding carboxylic acids is 1. The fourth-order valence-electron chi connectivity index (χ4n) is 5.75. The number of carbonyl (C=O) groups is 1. The average molecular weight is 1270 g/mol. The zero-order valence-electron chi connectivity index (χ0n) is 44.7. The van der Waals surface area contributed by atoms with Gasteiger partial charge in [0.05, 0.1) is 16.4 Å². The highest BCUT2D eigenvalue weighted by Gasteiger charge is 2.22. The molecule has 0 saturated heterocycles. The van der Waals surface area contributed by atoms with Gasteiger partial charge >= 0.3 is 10.0 Å². The fourth-order valence-corrected chi connectivity index (χ4v) is 12.4. The van der Waals surface area contributed by atoms with Gasteiger partial charge in [0.2, 0.25) is 26.0 Å². The molecule has 0 atom stereocenters. The molecule has 468 valence electrons. The van der Waals surface area contributed by atoms with E-state index in [1.165, 1.54) is 79.3 Å². The van der Waals surface area contributed by atoms with Crippen LogP contribution >= 0.6 is 25.3 Å². The summed E-state index contributed by atoms with van der Waals surface area (Å²) in [5.74, 6) is 0.731. The van der Waals surface area contributed by atoms with Gasteiger partial charge in [0.15, 0.2) is 10.9 Å². The minimum absolute atomic E-state index is 0. The number of hydrogen-bond acceptors (Lipinski definition) is 14. The molecule has 0 aliphatic rings. The van der Waals surface area contributed by atoms with Crippen LogP contribution in [0, 0.1) is 6.92 Å². The lowest BCUT2D eigenvalue weighted by molar-refractivity contribution is -0.240. The first-order chi connectivity index (χ1) is 35.4. The van der Waals surface area contributed by atoms with Gasteiger partial charge in [-0.25, -0.2) is 25.3 Å². The van der Waals surface area contributed by atoms with E-state index in [-0.39, 0.29) is 65.9 Å². The van der Waals surface area contributed by atoms with Crippen LogP contribution in [0.2, 0.25) is 0 Å². The van der Waals surface area contributed by atoms with E-state index in [2.05, 4.69) is 89.4 Å². The number of rotatable bonds is 22. The topological polar surface area (TPSA) is 218 Å². The maximum atomic E-state index is 11.9. The van der Waals surface area contributed by atoms with E-state index in [1.54, 1.807) is 40.5 Å². The number of aryl methyl sites for hydroxylation is 4. The molecule has 0 bridgehead atoms. The van der Waals surface area contributed by atoms with Gasteiger partial charge in [-0.1, -0.05) is 215 Å². The van der Waals surface area contributed by atoms with Crippen molar-refractivity contribution in [1.82, 2.24) is 8.85 Å². The average Bonchev–Trinajstić information content (AvgIpc) is 3.37. The molecule has 5 aromatic rings. The summed E-state index contributed by atoms with van der Waals surface area (Å²) >= 11 is 8.23. The number of sulfonamides is 4. The van der Waals surface area contributed by atoms with E-state index in [1.807, 2.05) is 53.5 Å². The van der Waals surface area contributed by atoms with Crippen LogP contribution < -0.4 is 16.8 Å². The maximum absolute atomic E-state index is 11.9. The normalized spacial score (nSPS) is 10.6. The molecule has 0 aromatic heterocycles. The monoisotopic (exact) mass is 1270 g/mol. The summed E-state index contributed by atoms with van der Waals surface area (Å²) in [5.41, 5.74) is 5.23. The molecule has 0 radical (unpaired) electrons. The van der Waals surface area contributed by atoms with Crippen LogP contribution in [0.3, 0.4) is 0 Å². The predicted octanol–water partition coefficient (Wildman–Crippen LogP) is 14.3. The molecule has 0 heterocycles. The summed E-state index contributed by atoms with van der Waals surface area (Å²) in [6.07, 6.45) is 11.6. The summed E-state index contributed by atoms with van der Waals surface area (Å²) in [4.78, 5) is 11.4. The van der Waals surface area contributed by atoms with Gasteiger partial charge in [0.1, 0.15) is 10.6 Å². The van der Waals surface area contributed by atoms with Crippen LogP contribution in [0.5, 0.6) is 5.75 Å². The van der Waals surface area contributed by atoms with Gasteiger partial charge in [0, 0.05) is 11.8 Å². The molecule has 1 amide bonds. The van der Waals surface area contributed by atoms with Crippen molar-refractivity contribution in [2.24, 2.45) is 0 Å². The number of hydrogen-bond donors (Lipinski definition) is 5. The Labute approximate surface area is 508 Å². The first kappa shape index (κ1) is 90.6. The van der Waals surface area contributed by atoms with Gasteiger partial charge in [-0.15, -0.1) is 16.8 Å². The Bertz CT molecular complexity index is 2800. The molecule has 81 heavy (non-hydrogen) atoms. The van der Waals surface area contributed by atoms with Crippen LogP contribution in [0.1, 0.15) is 173 Å². The lowest BCUT2D eigenvalue weighted by Crippen LogP contribution is -2.73. The molecular weight excluding hydrogens is 1160 g/mol. The Morgan fingerprint density at radius 1 is 0.519 bits per heavy atom. The number of benzene rings is 5. The third-order valence-corrected chi connectivity index (χ3v) is 18.3. The third kappa shape index (κ3) is 45.9. The molecule has 0 spiro atoms. The first-order valence-electron chi connectivity index (χ1n) is 25.0. The number of unbranched alkanes of at least 4 members (excludes halogenated alkanes) is 6. The standard InChI is InChI=1S/C14H15NO4S2.C11H17NO4S2.C9H12.C8H10S.C7H15NO3S.C5H12S.6CH4/c1-2-12-8-10-13(11-9-12)19-20(16)15-21(17,18)14-6-4-3-5-7-14;1-2-3-7-10-17(13,14)12-18(15,16)11-8-5-4-6-9-11;1-3-9-6-4-8(2)5-7-9;1-2-7-3-5-8(9)6-4-7;1-3-4-5-6-12(10,11)8-7(2)9;1-2-3-4-5-6;;;;;;/h3-11,15H,2H2,1H3;4-6,8-9,12H,2-3,7,10H2,1H3;4-7H,3H2,1-2H3;3-6,9H,2H2,1H3;3-6H2,1-2H3,(H,8,9);6H,2-5H2,1H3;6*1H4. The van der Waals surface area contributed by atoms with E-state index in [9.17, 15) is 42.7 Å². The van der Waals surface area contributed by atoms with Gasteiger partial charge in [-0.05, 0) is 116 Å². The maximum Gasteiger partial charge on any atom is 0.377 e. The van der Waals surface area contributed by atoms with E-state index in [0.29, 0.717) is 18.6 Å². The highest BCUT2D eigenvalue weighted by molar-refractivity contribution is 8.04. The molecule has 5 rings (SSSR count). The van der Waals surface area contributed by atoms with Crippen molar-refractivity contribution in [3.05, 3.63) is 156 Å². The zero-order valence-corrected chi connectivity index (χ0v) is 50.6. The van der Waals surface area contributed by atoms with Crippen LogP contribution in [0.15, 0.2) is 148 Å². The van der Waals surface area contributed by atoms with E-state index >= 15 is 0 Å². The second-order valence-corrected chi connectivity index (χ2v) is 26.0. The van der Waals surface area contributed by atoms with Gasteiger partial charge in [0.25, 0.3) is 10.0 Å². The van der Waals surface area contributed by atoms with Crippen molar-refractivity contribution < 1.29 is 50.6 Å². The van der Waals surface area contributed by atoms with Gasteiger partial charge < -0.3 is 8.39 Å². The summed E-state index contributed by atoms with van der Waals surface area (Å²) in [7, 11) is -17.2. The summed E-state index contributed by atoms with van der Waals surface area (Å²) in [5, 5.41) is 0. The Kier molecular flexibility index (Phi) is 57.5. The zero-order chi connectivity index (χ0) is 56.8. The van der Waals surface area contributed by atoms with Crippen molar-refractivity contribution in [1.29, 1.82) is 0 Å². The summed E-state index contributed by atoms with van der Waals surface area (Å²) in [6.45, 7) is 15.8. The van der Waals surface area contributed by atoms with Crippen LogP contribution in [0.25, 0.3) is 0 Å². The fraction of sp³-hybridized carbons (Fsp3) is 0.483. The molecule has 5 aromatic carbocycles. The Balaban J connectivity index is -0.000000167. The number of thiol groups is 2.